The molecule has 0 unspecified atom stereocenters. The van der Waals surface area contributed by atoms with Gasteiger partial charge in [0.15, 0.2) is 0 Å². The minimum absolute atomic E-state index is 0.0374. The van der Waals surface area contributed by atoms with Crippen molar-refractivity contribution in [2.75, 3.05) is 12.4 Å². The summed E-state index contributed by atoms with van der Waals surface area (Å²) in [6.45, 7) is 6.14. The van der Waals surface area contributed by atoms with E-state index in [4.69, 9.17) is 5.73 Å². The van der Waals surface area contributed by atoms with Crippen LogP contribution >= 0.6 is 15.9 Å². The maximum Gasteiger partial charge on any atom is 0.293 e. The quantitative estimate of drug-likeness (QED) is 0.663. The lowest BCUT2D eigenvalue weighted by Gasteiger charge is -2.12. The van der Waals surface area contributed by atoms with Gasteiger partial charge in [0.2, 0.25) is 0 Å². The third-order valence-electron chi connectivity index (χ3n) is 2.28. The Hall–Kier alpha value is -1.14. The molecule has 17 heavy (non-hydrogen) atoms. The standard InChI is InChI=1S/C9H12BrN3O2.C2H6/c1-5-6(4-11)9(12-2)8(13(14)15)3-7(5)10;1-2/h3,12H,4,11H2,1-2H3;1-2H3. The van der Waals surface area contributed by atoms with Crippen molar-refractivity contribution in [3.63, 3.8) is 0 Å². The first-order chi connectivity index (χ1) is 8.02. The number of hydrogen-bond donors (Lipinski definition) is 2. The van der Waals surface area contributed by atoms with E-state index in [0.29, 0.717) is 10.2 Å². The Labute approximate surface area is 110 Å². The summed E-state index contributed by atoms with van der Waals surface area (Å²) in [5, 5.41) is 13.6. The van der Waals surface area contributed by atoms with Crippen LogP contribution in [0, 0.1) is 17.0 Å². The molecule has 6 heteroatoms. The number of anilines is 1. The fourth-order valence-corrected chi connectivity index (χ4v) is 1.92. The molecular formula is C11H18BrN3O2. The second-order valence-electron chi connectivity index (χ2n) is 3.07. The normalized spacial score (nSPS) is 9.29. The molecule has 96 valence electrons. The molecule has 0 aliphatic heterocycles. The molecule has 0 amide bonds. The maximum atomic E-state index is 10.8. The monoisotopic (exact) mass is 303 g/mol. The number of nitro benzene ring substituents is 1. The van der Waals surface area contributed by atoms with E-state index in [1.165, 1.54) is 6.07 Å². The van der Waals surface area contributed by atoms with Gasteiger partial charge in [-0.1, -0.05) is 29.8 Å². The first-order valence-corrected chi connectivity index (χ1v) is 6.16. The first kappa shape index (κ1) is 15.9. The van der Waals surface area contributed by atoms with Crippen LogP contribution in [0.1, 0.15) is 25.0 Å². The Morgan fingerprint density at radius 2 is 2.06 bits per heavy atom. The maximum absolute atomic E-state index is 10.8. The third-order valence-corrected chi connectivity index (χ3v) is 3.11. The lowest BCUT2D eigenvalue weighted by atomic mass is 10.1. The van der Waals surface area contributed by atoms with Crippen LogP contribution in [0.2, 0.25) is 0 Å². The number of halogens is 1. The van der Waals surface area contributed by atoms with Crippen LogP contribution in [-0.4, -0.2) is 12.0 Å². The third kappa shape index (κ3) is 3.41. The lowest BCUT2D eigenvalue weighted by Crippen LogP contribution is -2.07. The second kappa shape index (κ2) is 7.24. The van der Waals surface area contributed by atoms with Crippen molar-refractivity contribution < 1.29 is 4.92 Å². The topological polar surface area (TPSA) is 81.2 Å². The molecule has 0 spiro atoms. The minimum Gasteiger partial charge on any atom is -0.382 e. The molecular weight excluding hydrogens is 286 g/mol. The Kier molecular flexibility index (Phi) is 6.75. The molecule has 0 aromatic heterocycles. The first-order valence-electron chi connectivity index (χ1n) is 5.37. The summed E-state index contributed by atoms with van der Waals surface area (Å²) in [6.07, 6.45) is 0. The van der Waals surface area contributed by atoms with E-state index < -0.39 is 4.92 Å². The molecule has 0 aliphatic rings. The largest absolute Gasteiger partial charge is 0.382 e. The van der Waals surface area contributed by atoms with Crippen LogP contribution in [0.3, 0.4) is 0 Å². The molecule has 0 bridgehead atoms. The molecule has 1 rings (SSSR count). The van der Waals surface area contributed by atoms with Crippen molar-refractivity contribution in [2.45, 2.75) is 27.3 Å². The summed E-state index contributed by atoms with van der Waals surface area (Å²) in [4.78, 5) is 10.4. The van der Waals surface area contributed by atoms with E-state index in [-0.39, 0.29) is 12.2 Å². The van der Waals surface area contributed by atoms with Gasteiger partial charge in [-0.2, -0.15) is 0 Å². The van der Waals surface area contributed by atoms with Crippen LogP contribution in [0.25, 0.3) is 0 Å². The molecule has 0 aliphatic carbocycles. The molecule has 5 nitrogen and oxygen atoms in total. The van der Waals surface area contributed by atoms with Crippen molar-refractivity contribution in [3.05, 3.63) is 31.8 Å². The molecule has 1 aromatic rings. The van der Waals surface area contributed by atoms with Gasteiger partial charge in [0.05, 0.1) is 4.92 Å². The van der Waals surface area contributed by atoms with Crippen LogP contribution in [-0.2, 0) is 6.54 Å². The summed E-state index contributed by atoms with van der Waals surface area (Å²) in [5.74, 6) is 0. The van der Waals surface area contributed by atoms with Crippen molar-refractivity contribution in [3.8, 4) is 0 Å². The number of benzene rings is 1. The van der Waals surface area contributed by atoms with Crippen LogP contribution in [0.5, 0.6) is 0 Å². The Balaban J connectivity index is 0.00000121. The highest BCUT2D eigenvalue weighted by Crippen LogP contribution is 2.35. The lowest BCUT2D eigenvalue weighted by molar-refractivity contribution is -0.384. The number of rotatable bonds is 3. The zero-order valence-corrected chi connectivity index (χ0v) is 12.1. The highest BCUT2D eigenvalue weighted by molar-refractivity contribution is 9.10. The van der Waals surface area contributed by atoms with Crippen molar-refractivity contribution in [2.24, 2.45) is 5.73 Å². The highest BCUT2D eigenvalue weighted by Gasteiger charge is 2.20. The smallest absolute Gasteiger partial charge is 0.293 e. The zero-order chi connectivity index (χ0) is 13.6. The SMILES string of the molecule is CC.CNc1c([N+](=O)[O-])cc(Br)c(C)c1CN. The molecule has 0 saturated heterocycles. The average Bonchev–Trinajstić information content (AvgIpc) is 2.34. The second-order valence-corrected chi connectivity index (χ2v) is 3.92. The summed E-state index contributed by atoms with van der Waals surface area (Å²) in [7, 11) is 1.65. The fourth-order valence-electron chi connectivity index (χ4n) is 1.46. The van der Waals surface area contributed by atoms with E-state index in [2.05, 4.69) is 21.2 Å². The van der Waals surface area contributed by atoms with Gasteiger partial charge in [-0.15, -0.1) is 0 Å². The average molecular weight is 304 g/mol. The van der Waals surface area contributed by atoms with Gasteiger partial charge in [-0.3, -0.25) is 10.1 Å². The van der Waals surface area contributed by atoms with E-state index >= 15 is 0 Å². The van der Waals surface area contributed by atoms with E-state index in [9.17, 15) is 10.1 Å². The summed E-state index contributed by atoms with van der Waals surface area (Å²) < 4.78 is 0.702. The van der Waals surface area contributed by atoms with Crippen molar-refractivity contribution >= 4 is 27.3 Å². The number of nitrogens with two attached hydrogens (primary N) is 1. The Morgan fingerprint density at radius 1 is 1.53 bits per heavy atom. The number of hydrogen-bond acceptors (Lipinski definition) is 4. The summed E-state index contributed by atoms with van der Waals surface area (Å²) in [6, 6.07) is 1.49. The highest BCUT2D eigenvalue weighted by atomic mass is 79.9. The van der Waals surface area contributed by atoms with Gasteiger partial charge in [0.25, 0.3) is 5.69 Å². The molecule has 0 radical (unpaired) electrons. The van der Waals surface area contributed by atoms with Crippen LogP contribution < -0.4 is 11.1 Å². The Bertz CT molecular complexity index is 408. The number of nitro groups is 1. The number of nitrogens with zero attached hydrogens (tertiary/aromatic N) is 1. The minimum atomic E-state index is -0.421. The van der Waals surface area contributed by atoms with E-state index in [0.717, 1.165) is 11.1 Å². The van der Waals surface area contributed by atoms with Gasteiger partial charge < -0.3 is 11.1 Å². The van der Waals surface area contributed by atoms with E-state index in [1.807, 2.05) is 20.8 Å². The summed E-state index contributed by atoms with van der Waals surface area (Å²) in [5.41, 5.74) is 7.79. The van der Waals surface area contributed by atoms with Gasteiger partial charge in [-0.25, -0.2) is 0 Å². The predicted octanol–water partition coefficient (Wildman–Crippen LogP) is 3.19. The molecule has 0 saturated carbocycles. The summed E-state index contributed by atoms with van der Waals surface area (Å²) >= 11 is 3.28. The van der Waals surface area contributed by atoms with Gasteiger partial charge in [0, 0.05) is 24.1 Å². The molecule has 0 atom stereocenters. The van der Waals surface area contributed by atoms with Gasteiger partial charge in [-0.05, 0) is 18.1 Å². The van der Waals surface area contributed by atoms with Gasteiger partial charge >= 0.3 is 0 Å². The zero-order valence-electron chi connectivity index (χ0n) is 10.5. The van der Waals surface area contributed by atoms with Crippen molar-refractivity contribution in [1.29, 1.82) is 0 Å². The fraction of sp³-hybridized carbons (Fsp3) is 0.455. The Morgan fingerprint density at radius 3 is 2.41 bits per heavy atom. The molecule has 3 N–H and O–H groups in total. The van der Waals surface area contributed by atoms with Crippen LogP contribution in [0.15, 0.2) is 10.5 Å². The van der Waals surface area contributed by atoms with E-state index in [1.54, 1.807) is 7.05 Å². The van der Waals surface area contributed by atoms with Crippen molar-refractivity contribution in [1.82, 2.24) is 0 Å². The van der Waals surface area contributed by atoms with Gasteiger partial charge in [0.1, 0.15) is 5.69 Å². The molecule has 0 heterocycles. The van der Waals surface area contributed by atoms with Crippen LogP contribution in [0.4, 0.5) is 11.4 Å². The number of nitrogens with one attached hydrogen (secondary N) is 1. The predicted molar refractivity (Wildman–Crippen MR) is 74.3 cm³/mol. The molecule has 1 aromatic carbocycles. The molecule has 0 fully saturated rings.